The number of hydrogen-bond acceptors (Lipinski definition) is 3. The third-order valence-electron chi connectivity index (χ3n) is 3.67. The number of carbonyl (C=O) groups is 1. The van der Waals surface area contributed by atoms with Gasteiger partial charge in [-0.2, -0.15) is 5.10 Å². The molecule has 1 unspecified atom stereocenters. The number of aromatic hydroxyl groups is 1. The van der Waals surface area contributed by atoms with Crippen LogP contribution in [0.15, 0.2) is 53.6 Å². The number of halogens is 1. The molecule has 3 rings (SSSR count). The Labute approximate surface area is 133 Å². The van der Waals surface area contributed by atoms with Gasteiger partial charge in [-0.3, -0.25) is 4.79 Å². The molecule has 22 heavy (non-hydrogen) atoms. The molecule has 112 valence electrons. The molecule has 1 aliphatic heterocycles. The zero-order valence-electron chi connectivity index (χ0n) is 12.0. The predicted octanol–water partition coefficient (Wildman–Crippen LogP) is 3.74. The fourth-order valence-electron chi connectivity index (χ4n) is 2.61. The molecular weight excluding hydrogens is 300 g/mol. The molecule has 2 aromatic rings. The first-order chi connectivity index (χ1) is 10.5. The van der Waals surface area contributed by atoms with E-state index in [0.29, 0.717) is 11.4 Å². The van der Waals surface area contributed by atoms with Gasteiger partial charge < -0.3 is 5.11 Å². The summed E-state index contributed by atoms with van der Waals surface area (Å²) >= 11 is 5.92. The molecule has 1 amide bonds. The second-order valence-electron chi connectivity index (χ2n) is 5.23. The summed E-state index contributed by atoms with van der Waals surface area (Å²) in [5.74, 6) is 0.0691. The Morgan fingerprint density at radius 3 is 2.64 bits per heavy atom. The van der Waals surface area contributed by atoms with Crippen molar-refractivity contribution in [3.05, 3.63) is 64.7 Å². The quantitative estimate of drug-likeness (QED) is 0.918. The second-order valence-corrected chi connectivity index (χ2v) is 5.67. The molecule has 0 aliphatic carbocycles. The van der Waals surface area contributed by atoms with E-state index in [1.54, 1.807) is 18.2 Å². The van der Waals surface area contributed by atoms with Crippen LogP contribution in [0.1, 0.15) is 30.5 Å². The lowest BCUT2D eigenvalue weighted by atomic mass is 9.98. The normalized spacial score (nSPS) is 17.5. The molecule has 1 heterocycles. The Hall–Kier alpha value is -2.33. The van der Waals surface area contributed by atoms with Gasteiger partial charge in [0.05, 0.1) is 11.8 Å². The largest absolute Gasteiger partial charge is 0.508 e. The first kappa shape index (κ1) is 14.6. The van der Waals surface area contributed by atoms with Gasteiger partial charge >= 0.3 is 0 Å². The van der Waals surface area contributed by atoms with E-state index < -0.39 is 0 Å². The number of phenolic OH excluding ortho intramolecular Hbond substituents is 1. The molecule has 1 N–H and O–H groups in total. The lowest BCUT2D eigenvalue weighted by Gasteiger charge is -2.20. The van der Waals surface area contributed by atoms with Crippen LogP contribution in [-0.4, -0.2) is 21.7 Å². The van der Waals surface area contributed by atoms with Crippen molar-refractivity contribution in [1.82, 2.24) is 5.01 Å². The Morgan fingerprint density at radius 2 is 2.00 bits per heavy atom. The Morgan fingerprint density at radius 1 is 1.27 bits per heavy atom. The summed E-state index contributed by atoms with van der Waals surface area (Å²) in [6.45, 7) is 1.50. The number of amides is 1. The molecular formula is C17H15ClN2O2. The average Bonchev–Trinajstić information content (AvgIpc) is 2.93. The molecule has 1 aliphatic rings. The number of benzene rings is 2. The fraction of sp³-hybridized carbons (Fsp3) is 0.176. The first-order valence-electron chi connectivity index (χ1n) is 6.97. The van der Waals surface area contributed by atoms with E-state index in [1.165, 1.54) is 11.9 Å². The minimum Gasteiger partial charge on any atom is -0.508 e. The smallest absolute Gasteiger partial charge is 0.240 e. The van der Waals surface area contributed by atoms with Gasteiger partial charge in [0.2, 0.25) is 5.91 Å². The van der Waals surface area contributed by atoms with Gasteiger partial charge in [0.1, 0.15) is 5.75 Å². The SMILES string of the molecule is CC(=O)N1N=C(c2cccc(O)c2)CC1c1ccc(Cl)cc1. The van der Waals surface area contributed by atoms with Crippen LogP contribution < -0.4 is 0 Å². The van der Waals surface area contributed by atoms with Crippen molar-refractivity contribution >= 4 is 23.2 Å². The molecule has 1 atom stereocenters. The van der Waals surface area contributed by atoms with Gasteiger partial charge in [-0.15, -0.1) is 0 Å². The van der Waals surface area contributed by atoms with E-state index in [9.17, 15) is 9.90 Å². The average molecular weight is 315 g/mol. The van der Waals surface area contributed by atoms with Crippen molar-refractivity contribution in [1.29, 1.82) is 0 Å². The number of rotatable bonds is 2. The molecule has 0 saturated heterocycles. The van der Waals surface area contributed by atoms with Crippen LogP contribution in [0.2, 0.25) is 5.02 Å². The molecule has 2 aromatic carbocycles. The van der Waals surface area contributed by atoms with Crippen molar-refractivity contribution in [3.63, 3.8) is 0 Å². The van der Waals surface area contributed by atoms with Crippen molar-refractivity contribution in [3.8, 4) is 5.75 Å². The minimum atomic E-state index is -0.146. The van der Waals surface area contributed by atoms with E-state index in [-0.39, 0.29) is 17.7 Å². The van der Waals surface area contributed by atoms with Crippen molar-refractivity contribution < 1.29 is 9.90 Å². The summed E-state index contributed by atoms with van der Waals surface area (Å²) in [5.41, 5.74) is 2.59. The highest BCUT2D eigenvalue weighted by molar-refractivity contribution is 6.30. The Balaban J connectivity index is 1.94. The third-order valence-corrected chi connectivity index (χ3v) is 3.92. The third kappa shape index (κ3) is 2.83. The van der Waals surface area contributed by atoms with Crippen LogP contribution in [0, 0.1) is 0 Å². The maximum absolute atomic E-state index is 11.9. The highest BCUT2D eigenvalue weighted by Gasteiger charge is 2.31. The standard InChI is InChI=1S/C17H15ClN2O2/c1-11(21)20-17(12-5-7-14(18)8-6-12)10-16(19-20)13-3-2-4-15(22)9-13/h2-9,17,22H,10H2,1H3. The number of hydrazone groups is 1. The molecule has 5 heteroatoms. The highest BCUT2D eigenvalue weighted by atomic mass is 35.5. The molecule has 0 radical (unpaired) electrons. The zero-order valence-corrected chi connectivity index (χ0v) is 12.8. The fourth-order valence-corrected chi connectivity index (χ4v) is 2.73. The van der Waals surface area contributed by atoms with Crippen LogP contribution >= 0.6 is 11.6 Å². The minimum absolute atomic E-state index is 0.116. The van der Waals surface area contributed by atoms with E-state index in [2.05, 4.69) is 5.10 Å². The van der Waals surface area contributed by atoms with Gasteiger partial charge in [-0.1, -0.05) is 35.9 Å². The van der Waals surface area contributed by atoms with Crippen LogP contribution in [-0.2, 0) is 4.79 Å². The summed E-state index contributed by atoms with van der Waals surface area (Å²) in [7, 11) is 0. The summed E-state index contributed by atoms with van der Waals surface area (Å²) in [6.07, 6.45) is 0.602. The monoisotopic (exact) mass is 314 g/mol. The van der Waals surface area contributed by atoms with Gasteiger partial charge in [0.15, 0.2) is 0 Å². The molecule has 0 saturated carbocycles. The van der Waals surface area contributed by atoms with Gasteiger partial charge in [-0.05, 0) is 29.8 Å². The number of phenols is 1. The maximum atomic E-state index is 11.9. The van der Waals surface area contributed by atoms with Crippen LogP contribution in [0.5, 0.6) is 5.75 Å². The van der Waals surface area contributed by atoms with Crippen LogP contribution in [0.4, 0.5) is 0 Å². The predicted molar refractivity (Wildman–Crippen MR) is 86.0 cm³/mol. The topological polar surface area (TPSA) is 52.9 Å². The van der Waals surface area contributed by atoms with E-state index in [0.717, 1.165) is 16.8 Å². The molecule has 0 fully saturated rings. The number of nitrogens with zero attached hydrogens (tertiary/aromatic N) is 2. The van der Waals surface area contributed by atoms with Gasteiger partial charge in [0, 0.05) is 23.9 Å². The first-order valence-corrected chi connectivity index (χ1v) is 7.34. The molecule has 0 bridgehead atoms. The molecule has 0 aromatic heterocycles. The maximum Gasteiger partial charge on any atom is 0.240 e. The highest BCUT2D eigenvalue weighted by Crippen LogP contribution is 2.33. The van der Waals surface area contributed by atoms with E-state index in [1.807, 2.05) is 30.3 Å². The molecule has 0 spiro atoms. The van der Waals surface area contributed by atoms with Gasteiger partial charge in [-0.25, -0.2) is 5.01 Å². The van der Waals surface area contributed by atoms with E-state index in [4.69, 9.17) is 11.6 Å². The summed E-state index contributed by atoms with van der Waals surface area (Å²) in [4.78, 5) is 11.9. The Kier molecular flexibility index (Phi) is 3.86. The van der Waals surface area contributed by atoms with Crippen LogP contribution in [0.3, 0.4) is 0 Å². The van der Waals surface area contributed by atoms with Gasteiger partial charge in [0.25, 0.3) is 0 Å². The summed E-state index contributed by atoms with van der Waals surface area (Å²) < 4.78 is 0. The van der Waals surface area contributed by atoms with Crippen molar-refractivity contribution in [2.75, 3.05) is 0 Å². The lowest BCUT2D eigenvalue weighted by molar-refractivity contribution is -0.130. The summed E-state index contributed by atoms with van der Waals surface area (Å²) in [6, 6.07) is 14.2. The zero-order chi connectivity index (χ0) is 15.7. The van der Waals surface area contributed by atoms with Crippen LogP contribution in [0.25, 0.3) is 0 Å². The number of carbonyl (C=O) groups excluding carboxylic acids is 1. The lowest BCUT2D eigenvalue weighted by Crippen LogP contribution is -2.24. The van der Waals surface area contributed by atoms with Crippen molar-refractivity contribution in [2.24, 2.45) is 5.10 Å². The molecule has 4 nitrogen and oxygen atoms in total. The second kappa shape index (κ2) is 5.81. The van der Waals surface area contributed by atoms with E-state index >= 15 is 0 Å². The number of hydrogen-bond donors (Lipinski definition) is 1. The summed E-state index contributed by atoms with van der Waals surface area (Å²) in [5, 5.41) is 16.2. The van der Waals surface area contributed by atoms with Crippen molar-refractivity contribution in [2.45, 2.75) is 19.4 Å². The Bertz CT molecular complexity index is 741.